The average molecular weight is 352 g/mol. The number of ether oxygens (including phenoxy) is 1. The van der Waals surface area contributed by atoms with E-state index in [0.29, 0.717) is 6.54 Å². The van der Waals surface area contributed by atoms with Crippen LogP contribution >= 0.6 is 0 Å². The molecule has 0 N–H and O–H groups in total. The van der Waals surface area contributed by atoms with Crippen molar-refractivity contribution in [3.8, 4) is 0 Å². The lowest BCUT2D eigenvalue weighted by molar-refractivity contribution is -0.146. The normalized spacial score (nSPS) is 24.4. The summed E-state index contributed by atoms with van der Waals surface area (Å²) in [7, 11) is 1.69. The number of methoxy groups -OCH3 is 1. The van der Waals surface area contributed by atoms with Crippen LogP contribution in [-0.4, -0.2) is 55.6 Å². The monoisotopic (exact) mass is 352 g/mol. The van der Waals surface area contributed by atoms with Crippen LogP contribution in [0.5, 0.6) is 0 Å². The molecular formula is C19H26F2N2O2. The second-order valence-electron chi connectivity index (χ2n) is 7.20. The molecule has 0 unspecified atom stereocenters. The van der Waals surface area contributed by atoms with Crippen LogP contribution in [0.15, 0.2) is 18.2 Å². The second kappa shape index (κ2) is 7.79. The smallest absolute Gasteiger partial charge is 0.230 e. The molecule has 0 saturated carbocycles. The molecular weight excluding hydrogens is 326 g/mol. The summed E-state index contributed by atoms with van der Waals surface area (Å²) in [6.07, 6.45) is 3.60. The Morgan fingerprint density at radius 3 is 2.88 bits per heavy atom. The van der Waals surface area contributed by atoms with Crippen molar-refractivity contribution >= 4 is 5.91 Å². The predicted molar refractivity (Wildman–Crippen MR) is 91.0 cm³/mol. The topological polar surface area (TPSA) is 32.8 Å². The Balaban J connectivity index is 1.66. The number of likely N-dealkylation sites (tertiary alicyclic amines) is 2. The maximum Gasteiger partial charge on any atom is 0.230 e. The summed E-state index contributed by atoms with van der Waals surface area (Å²) in [6, 6.07) is 4.15. The lowest BCUT2D eigenvalue weighted by Gasteiger charge is -2.39. The molecule has 1 atom stereocenters. The van der Waals surface area contributed by atoms with E-state index in [9.17, 15) is 13.6 Å². The highest BCUT2D eigenvalue weighted by Gasteiger charge is 2.48. The SMILES string of the molecule is COCCCN1CC[C@@]2(CCCN(Cc3cccc(F)c3F)C2=O)C1. The zero-order valence-electron chi connectivity index (χ0n) is 14.8. The molecule has 2 heterocycles. The summed E-state index contributed by atoms with van der Waals surface area (Å²) in [5.41, 5.74) is -0.102. The molecule has 1 spiro atoms. The highest BCUT2D eigenvalue weighted by Crippen LogP contribution is 2.40. The fourth-order valence-electron chi connectivity index (χ4n) is 4.14. The number of nitrogens with zero attached hydrogens (tertiary/aromatic N) is 2. The van der Waals surface area contributed by atoms with Crippen LogP contribution in [0.2, 0.25) is 0 Å². The van der Waals surface area contributed by atoms with E-state index in [-0.39, 0.29) is 23.4 Å². The van der Waals surface area contributed by atoms with Crippen LogP contribution in [0, 0.1) is 17.0 Å². The van der Waals surface area contributed by atoms with E-state index in [0.717, 1.165) is 58.0 Å². The fraction of sp³-hybridized carbons (Fsp3) is 0.632. The minimum Gasteiger partial charge on any atom is -0.385 e. The molecule has 0 aromatic heterocycles. The molecule has 138 valence electrons. The molecule has 6 heteroatoms. The molecule has 2 aliphatic heterocycles. The van der Waals surface area contributed by atoms with Crippen molar-refractivity contribution in [3.63, 3.8) is 0 Å². The standard InChI is InChI=1S/C19H26F2N2O2/c1-25-12-4-9-22-11-8-19(14-22)7-3-10-23(18(19)24)13-15-5-2-6-16(20)17(15)21/h2,5-6H,3-4,7-14H2,1H3/t19-/m0/s1. The number of hydrogen-bond acceptors (Lipinski definition) is 3. The van der Waals surface area contributed by atoms with Gasteiger partial charge in [-0.15, -0.1) is 0 Å². The average Bonchev–Trinajstić information content (AvgIpc) is 3.00. The second-order valence-corrected chi connectivity index (χ2v) is 7.20. The third-order valence-electron chi connectivity index (χ3n) is 5.47. The summed E-state index contributed by atoms with van der Waals surface area (Å²) in [4.78, 5) is 17.1. The van der Waals surface area contributed by atoms with E-state index >= 15 is 0 Å². The summed E-state index contributed by atoms with van der Waals surface area (Å²) < 4.78 is 32.5. The molecule has 1 amide bonds. The maximum absolute atomic E-state index is 14.0. The summed E-state index contributed by atoms with van der Waals surface area (Å²) in [5.74, 6) is -1.61. The van der Waals surface area contributed by atoms with E-state index in [1.165, 1.54) is 6.07 Å². The first-order chi connectivity index (χ1) is 12.1. The van der Waals surface area contributed by atoms with Gasteiger partial charge in [0.1, 0.15) is 0 Å². The molecule has 2 fully saturated rings. The van der Waals surface area contributed by atoms with Crippen molar-refractivity contribution in [3.05, 3.63) is 35.4 Å². The number of rotatable bonds is 6. The lowest BCUT2D eigenvalue weighted by Crippen LogP contribution is -2.49. The summed E-state index contributed by atoms with van der Waals surface area (Å²) in [5, 5.41) is 0. The van der Waals surface area contributed by atoms with Crippen LogP contribution in [0.4, 0.5) is 8.78 Å². The number of benzene rings is 1. The maximum atomic E-state index is 14.0. The minimum atomic E-state index is -0.859. The van der Waals surface area contributed by atoms with E-state index in [2.05, 4.69) is 4.90 Å². The number of halogens is 2. The van der Waals surface area contributed by atoms with Crippen LogP contribution < -0.4 is 0 Å². The zero-order chi connectivity index (χ0) is 17.9. The van der Waals surface area contributed by atoms with Gasteiger partial charge in [0.25, 0.3) is 0 Å². The predicted octanol–water partition coefficient (Wildman–Crippen LogP) is 2.82. The van der Waals surface area contributed by atoms with Gasteiger partial charge in [-0.2, -0.15) is 0 Å². The lowest BCUT2D eigenvalue weighted by atomic mass is 9.78. The Kier molecular flexibility index (Phi) is 5.69. The Bertz CT molecular complexity index is 625. The Morgan fingerprint density at radius 2 is 2.08 bits per heavy atom. The molecule has 1 aromatic carbocycles. The Hall–Kier alpha value is -1.53. The first-order valence-corrected chi connectivity index (χ1v) is 8.99. The van der Waals surface area contributed by atoms with Crippen molar-refractivity contribution in [2.45, 2.75) is 32.2 Å². The van der Waals surface area contributed by atoms with Gasteiger partial charge in [0.15, 0.2) is 11.6 Å². The highest BCUT2D eigenvalue weighted by atomic mass is 19.2. The number of carbonyl (C=O) groups excluding carboxylic acids is 1. The van der Waals surface area contributed by atoms with Crippen molar-refractivity contribution < 1.29 is 18.3 Å². The largest absolute Gasteiger partial charge is 0.385 e. The van der Waals surface area contributed by atoms with Gasteiger partial charge in [0, 0.05) is 45.5 Å². The Morgan fingerprint density at radius 1 is 1.24 bits per heavy atom. The summed E-state index contributed by atoms with van der Waals surface area (Å²) in [6.45, 7) is 4.09. The van der Waals surface area contributed by atoms with Crippen LogP contribution in [0.3, 0.4) is 0 Å². The van der Waals surface area contributed by atoms with E-state index in [4.69, 9.17) is 4.74 Å². The molecule has 2 aliphatic rings. The van der Waals surface area contributed by atoms with Gasteiger partial charge >= 0.3 is 0 Å². The van der Waals surface area contributed by atoms with Crippen molar-refractivity contribution in [2.24, 2.45) is 5.41 Å². The molecule has 4 nitrogen and oxygen atoms in total. The van der Waals surface area contributed by atoms with Crippen molar-refractivity contribution in [1.29, 1.82) is 0 Å². The first-order valence-electron chi connectivity index (χ1n) is 8.99. The molecule has 0 radical (unpaired) electrons. The van der Waals surface area contributed by atoms with Crippen LogP contribution in [0.1, 0.15) is 31.2 Å². The van der Waals surface area contributed by atoms with Crippen LogP contribution in [-0.2, 0) is 16.1 Å². The minimum absolute atomic E-state index is 0.0941. The van der Waals surface area contributed by atoms with E-state index in [1.54, 1.807) is 18.1 Å². The van der Waals surface area contributed by atoms with Gasteiger partial charge in [-0.05, 0) is 38.3 Å². The third-order valence-corrected chi connectivity index (χ3v) is 5.47. The van der Waals surface area contributed by atoms with E-state index < -0.39 is 11.6 Å². The zero-order valence-corrected chi connectivity index (χ0v) is 14.8. The van der Waals surface area contributed by atoms with Crippen LogP contribution in [0.25, 0.3) is 0 Å². The molecule has 0 aliphatic carbocycles. The van der Waals surface area contributed by atoms with Gasteiger partial charge < -0.3 is 14.5 Å². The number of carbonyl (C=O) groups is 1. The van der Waals surface area contributed by atoms with Crippen molar-refractivity contribution in [1.82, 2.24) is 9.80 Å². The molecule has 0 bridgehead atoms. The molecule has 1 aromatic rings. The van der Waals surface area contributed by atoms with Gasteiger partial charge in [-0.1, -0.05) is 12.1 Å². The highest BCUT2D eigenvalue weighted by molar-refractivity contribution is 5.84. The third kappa shape index (κ3) is 3.85. The van der Waals surface area contributed by atoms with Gasteiger partial charge in [0.05, 0.1) is 5.41 Å². The molecule has 3 rings (SSSR count). The van der Waals surface area contributed by atoms with Crippen molar-refractivity contribution in [2.75, 3.05) is 39.9 Å². The number of amides is 1. The Labute approximate surface area is 147 Å². The molecule has 2 saturated heterocycles. The van der Waals surface area contributed by atoms with E-state index in [1.807, 2.05) is 0 Å². The number of hydrogen-bond donors (Lipinski definition) is 0. The quantitative estimate of drug-likeness (QED) is 0.738. The fourth-order valence-corrected chi connectivity index (χ4v) is 4.14. The van der Waals surface area contributed by atoms with Gasteiger partial charge in [-0.25, -0.2) is 8.78 Å². The first kappa shape index (κ1) is 18.3. The number of piperidine rings is 1. The van der Waals surface area contributed by atoms with Gasteiger partial charge in [0.2, 0.25) is 5.91 Å². The summed E-state index contributed by atoms with van der Waals surface area (Å²) >= 11 is 0. The van der Waals surface area contributed by atoms with Gasteiger partial charge in [-0.3, -0.25) is 4.79 Å². The molecule has 25 heavy (non-hydrogen) atoms.